The van der Waals surface area contributed by atoms with Crippen LogP contribution in [0.5, 0.6) is 0 Å². The van der Waals surface area contributed by atoms with E-state index in [9.17, 15) is 14.0 Å². The van der Waals surface area contributed by atoms with Crippen molar-refractivity contribution in [2.75, 3.05) is 19.8 Å². The lowest BCUT2D eigenvalue weighted by Crippen LogP contribution is -2.60. The summed E-state index contributed by atoms with van der Waals surface area (Å²) in [5, 5.41) is 0. The van der Waals surface area contributed by atoms with Gasteiger partial charge in [-0.25, -0.2) is 9.18 Å². The molecule has 1 amide bonds. The predicted octanol–water partition coefficient (Wildman–Crippen LogP) is 5.75. The fourth-order valence-electron chi connectivity index (χ4n) is 6.13. The summed E-state index contributed by atoms with van der Waals surface area (Å²) in [6.45, 7) is 2.69. The molecule has 2 saturated heterocycles. The van der Waals surface area contributed by atoms with Crippen molar-refractivity contribution in [3.8, 4) is 11.1 Å². The van der Waals surface area contributed by atoms with Crippen LogP contribution in [0.4, 0.5) is 9.18 Å². The van der Waals surface area contributed by atoms with Gasteiger partial charge >= 0.3 is 6.09 Å². The van der Waals surface area contributed by atoms with Crippen LogP contribution in [0.2, 0.25) is 0 Å². The maximum atomic E-state index is 13.7. The molecule has 0 aromatic heterocycles. The van der Waals surface area contributed by atoms with Gasteiger partial charge in [0.2, 0.25) is 0 Å². The van der Waals surface area contributed by atoms with Crippen LogP contribution in [-0.2, 0) is 9.47 Å². The van der Waals surface area contributed by atoms with Crippen molar-refractivity contribution in [2.45, 2.75) is 37.8 Å². The van der Waals surface area contributed by atoms with E-state index < -0.39 is 0 Å². The molecule has 0 saturated carbocycles. The van der Waals surface area contributed by atoms with Gasteiger partial charge in [0.05, 0.1) is 25.3 Å². The van der Waals surface area contributed by atoms with Crippen LogP contribution in [0, 0.1) is 18.7 Å². The Labute approximate surface area is 209 Å². The summed E-state index contributed by atoms with van der Waals surface area (Å²) in [5.74, 6) is -0.547. The summed E-state index contributed by atoms with van der Waals surface area (Å²) in [4.78, 5) is 28.3. The van der Waals surface area contributed by atoms with Crippen molar-refractivity contribution in [1.29, 1.82) is 0 Å². The topological polar surface area (TPSA) is 55.8 Å². The molecule has 2 atom stereocenters. The number of fused-ring (bicyclic) bond motifs is 5. The molecule has 0 spiro atoms. The van der Waals surface area contributed by atoms with Crippen LogP contribution in [0.15, 0.2) is 66.7 Å². The van der Waals surface area contributed by atoms with Crippen molar-refractivity contribution in [3.05, 3.63) is 94.8 Å². The number of nitrogens with zero attached hydrogens (tertiary/aromatic N) is 1. The molecule has 2 bridgehead atoms. The normalized spacial score (nSPS) is 22.6. The number of rotatable bonds is 4. The monoisotopic (exact) mass is 485 g/mol. The Bertz CT molecular complexity index is 1280. The van der Waals surface area contributed by atoms with E-state index in [0.29, 0.717) is 37.2 Å². The van der Waals surface area contributed by atoms with E-state index in [0.717, 1.165) is 0 Å². The maximum absolute atomic E-state index is 13.7. The molecule has 6 rings (SSSR count). The summed E-state index contributed by atoms with van der Waals surface area (Å²) in [6, 6.07) is 20.6. The molecule has 3 aliphatic rings. The second-order valence-electron chi connectivity index (χ2n) is 10.1. The highest BCUT2D eigenvalue weighted by Gasteiger charge is 2.45. The van der Waals surface area contributed by atoms with E-state index in [-0.39, 0.29) is 48.2 Å². The van der Waals surface area contributed by atoms with E-state index in [1.807, 2.05) is 24.3 Å². The summed E-state index contributed by atoms with van der Waals surface area (Å²) >= 11 is 0. The fourth-order valence-corrected chi connectivity index (χ4v) is 6.13. The van der Waals surface area contributed by atoms with Gasteiger partial charge < -0.3 is 9.47 Å². The Balaban J connectivity index is 1.16. The van der Waals surface area contributed by atoms with Gasteiger partial charge in [0.15, 0.2) is 5.78 Å². The van der Waals surface area contributed by atoms with Gasteiger partial charge in [-0.3, -0.25) is 9.69 Å². The van der Waals surface area contributed by atoms with Crippen molar-refractivity contribution in [1.82, 2.24) is 4.90 Å². The minimum absolute atomic E-state index is 0.00160. The van der Waals surface area contributed by atoms with Gasteiger partial charge in [-0.05, 0) is 65.8 Å². The highest BCUT2D eigenvalue weighted by atomic mass is 19.1. The first kappa shape index (κ1) is 22.9. The number of hydrogen-bond donors (Lipinski definition) is 0. The molecule has 2 heterocycles. The third-order valence-electron chi connectivity index (χ3n) is 7.88. The zero-order valence-corrected chi connectivity index (χ0v) is 20.2. The molecule has 2 unspecified atom stereocenters. The zero-order valence-electron chi connectivity index (χ0n) is 20.2. The van der Waals surface area contributed by atoms with Gasteiger partial charge in [0.25, 0.3) is 0 Å². The van der Waals surface area contributed by atoms with E-state index in [2.05, 4.69) is 24.3 Å². The molecule has 184 valence electrons. The van der Waals surface area contributed by atoms with Gasteiger partial charge in [0.1, 0.15) is 12.4 Å². The summed E-state index contributed by atoms with van der Waals surface area (Å²) < 4.78 is 25.4. The van der Waals surface area contributed by atoms with Gasteiger partial charge in [-0.2, -0.15) is 0 Å². The number of carbonyl (C=O) groups is 2. The molecule has 2 fully saturated rings. The van der Waals surface area contributed by atoms with Gasteiger partial charge in [-0.1, -0.05) is 48.5 Å². The van der Waals surface area contributed by atoms with Crippen LogP contribution in [0.1, 0.15) is 45.8 Å². The second-order valence-corrected chi connectivity index (χ2v) is 10.1. The van der Waals surface area contributed by atoms with Crippen LogP contribution in [-0.4, -0.2) is 48.7 Å². The van der Waals surface area contributed by atoms with Crippen molar-refractivity contribution >= 4 is 11.9 Å². The number of hydrogen-bond acceptors (Lipinski definition) is 4. The van der Waals surface area contributed by atoms with Crippen molar-refractivity contribution in [2.24, 2.45) is 5.92 Å². The number of carbonyl (C=O) groups excluding carboxylic acids is 2. The Morgan fingerprint density at radius 1 is 0.944 bits per heavy atom. The fraction of sp³-hybridized carbons (Fsp3) is 0.333. The lowest BCUT2D eigenvalue weighted by Gasteiger charge is -2.47. The molecular weight excluding hydrogens is 457 g/mol. The third kappa shape index (κ3) is 3.90. The minimum atomic E-state index is -0.348. The first-order valence-electron chi connectivity index (χ1n) is 12.5. The Hall–Kier alpha value is -3.51. The number of morpholine rings is 1. The third-order valence-corrected chi connectivity index (χ3v) is 7.88. The van der Waals surface area contributed by atoms with Crippen LogP contribution in [0.3, 0.4) is 0 Å². The quantitative estimate of drug-likeness (QED) is 0.442. The highest BCUT2D eigenvalue weighted by Crippen LogP contribution is 2.44. The average Bonchev–Trinajstić information content (AvgIpc) is 3.21. The molecular formula is C30H28FNO4. The molecule has 5 nitrogen and oxygen atoms in total. The number of halogens is 1. The second kappa shape index (κ2) is 9.17. The summed E-state index contributed by atoms with van der Waals surface area (Å²) in [6.07, 6.45) is 0.671. The summed E-state index contributed by atoms with van der Waals surface area (Å²) in [7, 11) is 0. The number of piperidine rings is 1. The summed E-state index contributed by atoms with van der Waals surface area (Å²) in [5.41, 5.74) is 5.71. The number of amides is 1. The first-order chi connectivity index (χ1) is 17.5. The van der Waals surface area contributed by atoms with Gasteiger partial charge in [-0.15, -0.1) is 0 Å². The predicted molar refractivity (Wildman–Crippen MR) is 133 cm³/mol. The number of aryl methyl sites for hydroxylation is 1. The molecule has 6 heteroatoms. The minimum Gasteiger partial charge on any atom is -0.448 e. The Morgan fingerprint density at radius 2 is 1.56 bits per heavy atom. The molecule has 1 aliphatic carbocycles. The lowest BCUT2D eigenvalue weighted by atomic mass is 9.80. The number of ether oxygens (including phenoxy) is 2. The van der Waals surface area contributed by atoms with Crippen LogP contribution >= 0.6 is 0 Å². The molecule has 36 heavy (non-hydrogen) atoms. The molecule has 0 N–H and O–H groups in total. The SMILES string of the molecule is Cc1cc(C(=O)C2CC3COCC(C2)N3C(=O)OCC2c3ccccc3-c3ccccc32)ccc1F. The first-order valence-corrected chi connectivity index (χ1v) is 12.5. The molecule has 3 aromatic carbocycles. The number of benzene rings is 3. The number of Topliss-reactive ketones (excluding diaryl/α,β-unsaturated/α-hetero) is 1. The van der Waals surface area contributed by atoms with E-state index in [4.69, 9.17) is 9.47 Å². The van der Waals surface area contributed by atoms with Gasteiger partial charge in [0, 0.05) is 17.4 Å². The van der Waals surface area contributed by atoms with E-state index >= 15 is 0 Å². The van der Waals surface area contributed by atoms with E-state index in [1.165, 1.54) is 28.3 Å². The zero-order chi connectivity index (χ0) is 24.8. The molecule has 3 aromatic rings. The smallest absolute Gasteiger partial charge is 0.410 e. The lowest BCUT2D eigenvalue weighted by molar-refractivity contribution is -0.0747. The standard InChI is InChI=1S/C30H28FNO4/c1-18-12-19(10-11-28(18)31)29(33)20-13-21-15-35-16-22(14-20)32(21)30(34)36-17-27-25-8-4-2-6-23(25)24-7-3-5-9-26(24)27/h2-12,20-22,27H,13-17H2,1H3. The maximum Gasteiger partial charge on any atom is 0.410 e. The van der Waals surface area contributed by atoms with Crippen molar-refractivity contribution in [3.63, 3.8) is 0 Å². The largest absolute Gasteiger partial charge is 0.448 e. The van der Waals surface area contributed by atoms with Crippen LogP contribution < -0.4 is 0 Å². The number of ketones is 1. The van der Waals surface area contributed by atoms with Crippen molar-refractivity contribution < 1.29 is 23.5 Å². The Morgan fingerprint density at radius 3 is 2.17 bits per heavy atom. The van der Waals surface area contributed by atoms with Crippen LogP contribution in [0.25, 0.3) is 11.1 Å². The Kier molecular flexibility index (Phi) is 5.84. The molecule has 0 radical (unpaired) electrons. The molecule has 2 aliphatic heterocycles. The van der Waals surface area contributed by atoms with E-state index in [1.54, 1.807) is 24.0 Å². The average molecular weight is 486 g/mol. The highest BCUT2D eigenvalue weighted by molar-refractivity contribution is 5.98.